The molecule has 0 aromatic heterocycles. The largest absolute Gasteiger partial charge is 0.475 e. The number of nitrogens with one attached hydrogen (secondary N) is 3. The number of aliphatic carboxylic acids is 1. The molecule has 0 saturated carbocycles. The van der Waals surface area contributed by atoms with E-state index in [4.69, 9.17) is 9.84 Å². The van der Waals surface area contributed by atoms with E-state index in [0.29, 0.717) is 5.56 Å². The van der Waals surface area contributed by atoms with E-state index in [1.165, 1.54) is 0 Å². The van der Waals surface area contributed by atoms with Gasteiger partial charge in [0.05, 0.1) is 0 Å². The fourth-order valence-corrected chi connectivity index (χ4v) is 3.32. The van der Waals surface area contributed by atoms with Gasteiger partial charge in [0.1, 0.15) is 23.7 Å². The number of Topliss-reactive ketones (excluding diaryl/α,β-unsaturated/α-hetero) is 1. The summed E-state index contributed by atoms with van der Waals surface area (Å²) in [5.74, 6) is -5.49. The van der Waals surface area contributed by atoms with E-state index in [2.05, 4.69) is 10.6 Å². The van der Waals surface area contributed by atoms with E-state index in [1.54, 1.807) is 65.0 Å². The molecule has 10 nitrogen and oxygen atoms in total. The average Bonchev–Trinajstić information content (AvgIpc) is 2.75. The Morgan fingerprint density at radius 3 is 1.89 bits per heavy atom. The molecule has 0 radical (unpaired) electrons. The third kappa shape index (κ3) is 12.3. The maximum absolute atomic E-state index is 13.2. The van der Waals surface area contributed by atoms with Gasteiger partial charge in [0.15, 0.2) is 0 Å². The predicted octanol–water partition coefficient (Wildman–Crippen LogP) is 2.45. The Labute approximate surface area is 214 Å². The van der Waals surface area contributed by atoms with Crippen LogP contribution in [0.1, 0.15) is 53.0 Å². The number of ketones is 1. The molecule has 0 aliphatic heterocycles. The maximum atomic E-state index is 13.2. The summed E-state index contributed by atoms with van der Waals surface area (Å²) in [5.41, 5.74) is -0.137. The van der Waals surface area contributed by atoms with Crippen molar-refractivity contribution in [1.29, 1.82) is 0 Å². The molecule has 3 atom stereocenters. The second kappa shape index (κ2) is 14.2. The molecule has 0 aliphatic carbocycles. The van der Waals surface area contributed by atoms with Gasteiger partial charge in [-0.15, -0.1) is 0 Å². The van der Waals surface area contributed by atoms with E-state index in [0.717, 1.165) is 0 Å². The van der Waals surface area contributed by atoms with E-state index in [9.17, 15) is 32.8 Å². The number of alkyl carbamates (subject to hydrolysis) is 1. The van der Waals surface area contributed by atoms with Crippen molar-refractivity contribution >= 4 is 29.7 Å². The number of rotatable bonds is 13. The third-order valence-corrected chi connectivity index (χ3v) is 4.89. The zero-order valence-corrected chi connectivity index (χ0v) is 21.5. The van der Waals surface area contributed by atoms with Crippen LogP contribution in [0.3, 0.4) is 0 Å². The van der Waals surface area contributed by atoms with E-state index in [1.807, 2.05) is 5.32 Å². The van der Waals surface area contributed by atoms with Gasteiger partial charge >= 0.3 is 12.1 Å². The fourth-order valence-electron chi connectivity index (χ4n) is 3.32. The topological polar surface area (TPSA) is 151 Å². The van der Waals surface area contributed by atoms with Crippen molar-refractivity contribution in [3.63, 3.8) is 0 Å². The lowest BCUT2D eigenvalue weighted by Crippen LogP contribution is -2.57. The smallest absolute Gasteiger partial charge is 0.408 e. The number of hydrogen-bond acceptors (Lipinski definition) is 6. The Morgan fingerprint density at radius 1 is 0.865 bits per heavy atom. The van der Waals surface area contributed by atoms with E-state index in [-0.39, 0.29) is 18.8 Å². The molecule has 206 valence electrons. The quantitative estimate of drug-likeness (QED) is 0.288. The van der Waals surface area contributed by atoms with Crippen molar-refractivity contribution < 1.29 is 42.6 Å². The zero-order valence-electron chi connectivity index (χ0n) is 21.5. The molecule has 1 rings (SSSR count). The first-order valence-corrected chi connectivity index (χ1v) is 11.8. The molecule has 1 aromatic carbocycles. The van der Waals surface area contributed by atoms with Crippen LogP contribution in [0.4, 0.5) is 13.6 Å². The van der Waals surface area contributed by atoms with Crippen LogP contribution in [-0.2, 0) is 30.3 Å². The van der Waals surface area contributed by atoms with E-state index < -0.39 is 66.2 Å². The predicted molar refractivity (Wildman–Crippen MR) is 130 cm³/mol. The molecule has 0 spiro atoms. The first-order valence-electron chi connectivity index (χ1n) is 11.8. The number of alkyl halides is 2. The minimum atomic E-state index is -3.06. The first-order chi connectivity index (χ1) is 17.1. The van der Waals surface area contributed by atoms with Gasteiger partial charge in [0.2, 0.25) is 18.2 Å². The highest BCUT2D eigenvalue weighted by Gasteiger charge is 2.34. The van der Waals surface area contributed by atoms with Crippen LogP contribution in [0, 0.1) is 5.92 Å². The molecular formula is C25H35F2N3O7. The number of carboxylic acid groups (broad SMARTS) is 1. The lowest BCUT2D eigenvalue weighted by Gasteiger charge is -2.27. The van der Waals surface area contributed by atoms with Crippen LogP contribution in [0.2, 0.25) is 0 Å². The van der Waals surface area contributed by atoms with Crippen LogP contribution in [0.15, 0.2) is 30.3 Å². The Morgan fingerprint density at radius 2 is 1.41 bits per heavy atom. The summed E-state index contributed by atoms with van der Waals surface area (Å²) in [7, 11) is 0. The van der Waals surface area contributed by atoms with Crippen LogP contribution in [0.5, 0.6) is 0 Å². The van der Waals surface area contributed by atoms with Crippen LogP contribution >= 0.6 is 0 Å². The van der Waals surface area contributed by atoms with Gasteiger partial charge in [-0.2, -0.15) is 0 Å². The molecular weight excluding hydrogens is 492 g/mol. The van der Waals surface area contributed by atoms with Crippen molar-refractivity contribution in [3.05, 3.63) is 35.9 Å². The molecule has 0 aliphatic rings. The number of hydrogen-bond donors (Lipinski definition) is 4. The third-order valence-electron chi connectivity index (χ3n) is 4.89. The standard InChI is InChI=1S/C25H35F2N3O7/c1-14(2)11-17(21(32)28-16(13-19(26)27)20(31)23(34)35)29-22(33)18(12-15-9-7-6-8-10-15)30-24(36)37-25(3,4)5/h6-10,14,16-19H,11-13H2,1-5H3,(H,28,32)(H,29,33)(H,30,36)(H,34,35)/t16?,17-,18-/m0/s1. The highest BCUT2D eigenvalue weighted by Crippen LogP contribution is 2.12. The normalized spacial score (nSPS) is 13.9. The molecule has 1 aromatic rings. The van der Waals surface area contributed by atoms with Crippen molar-refractivity contribution in [3.8, 4) is 0 Å². The Hall–Kier alpha value is -3.57. The molecule has 0 bridgehead atoms. The summed E-state index contributed by atoms with van der Waals surface area (Å²) in [6, 6.07) is 4.30. The molecule has 37 heavy (non-hydrogen) atoms. The summed E-state index contributed by atoms with van der Waals surface area (Å²) in [6.07, 6.45) is -5.02. The van der Waals surface area contributed by atoms with Gasteiger partial charge in [-0.25, -0.2) is 18.4 Å². The SMILES string of the molecule is CC(C)C[C@H](NC(=O)[C@H](Cc1ccccc1)NC(=O)OC(C)(C)C)C(=O)NC(CC(F)F)C(=O)C(=O)O. The molecule has 3 amide bonds. The number of ether oxygens (including phenoxy) is 1. The summed E-state index contributed by atoms with van der Waals surface area (Å²) < 4.78 is 31.1. The van der Waals surface area contributed by atoms with E-state index >= 15 is 0 Å². The maximum Gasteiger partial charge on any atom is 0.408 e. The number of carboxylic acids is 1. The van der Waals surface area contributed by atoms with Gasteiger partial charge < -0.3 is 25.8 Å². The molecule has 0 saturated heterocycles. The fraction of sp³-hybridized carbons (Fsp3) is 0.560. The first kappa shape index (κ1) is 31.5. The zero-order chi connectivity index (χ0) is 28.3. The highest BCUT2D eigenvalue weighted by molar-refractivity contribution is 6.35. The molecule has 0 heterocycles. The number of halogens is 2. The van der Waals surface area contributed by atoms with Gasteiger partial charge in [-0.1, -0.05) is 44.2 Å². The van der Waals surface area contributed by atoms with Crippen molar-refractivity contribution in [2.75, 3.05) is 0 Å². The molecule has 12 heteroatoms. The highest BCUT2D eigenvalue weighted by atomic mass is 19.3. The molecule has 0 fully saturated rings. The number of carbonyl (C=O) groups excluding carboxylic acids is 4. The van der Waals surface area contributed by atoms with Crippen molar-refractivity contribution in [2.45, 2.75) is 84.0 Å². The molecule has 4 N–H and O–H groups in total. The second-order valence-electron chi connectivity index (χ2n) is 9.94. The average molecular weight is 528 g/mol. The Kier molecular flexibility index (Phi) is 12.1. The van der Waals surface area contributed by atoms with Crippen LogP contribution in [-0.4, -0.2) is 64.9 Å². The summed E-state index contributed by atoms with van der Waals surface area (Å²) in [6.45, 7) is 8.43. The van der Waals surface area contributed by atoms with Crippen molar-refractivity contribution in [2.24, 2.45) is 5.92 Å². The van der Waals surface area contributed by atoms with Crippen LogP contribution in [0.25, 0.3) is 0 Å². The molecule has 1 unspecified atom stereocenters. The second-order valence-corrected chi connectivity index (χ2v) is 9.94. The van der Waals surface area contributed by atoms with Gasteiger partial charge in [-0.3, -0.25) is 14.4 Å². The number of amides is 3. The Balaban J connectivity index is 3.14. The summed E-state index contributed by atoms with van der Waals surface area (Å²) >= 11 is 0. The van der Waals surface area contributed by atoms with Gasteiger partial charge in [-0.05, 0) is 38.7 Å². The van der Waals surface area contributed by atoms with Gasteiger partial charge in [0.25, 0.3) is 5.78 Å². The summed E-state index contributed by atoms with van der Waals surface area (Å²) in [5, 5.41) is 15.9. The minimum Gasteiger partial charge on any atom is -0.475 e. The number of benzene rings is 1. The lowest BCUT2D eigenvalue weighted by atomic mass is 10.00. The Bertz CT molecular complexity index is 949. The minimum absolute atomic E-state index is 0.0464. The monoisotopic (exact) mass is 527 g/mol. The number of carbonyl (C=O) groups is 5. The lowest BCUT2D eigenvalue weighted by molar-refractivity contribution is -0.151. The van der Waals surface area contributed by atoms with Gasteiger partial charge in [0, 0.05) is 12.8 Å². The van der Waals surface area contributed by atoms with Crippen LogP contribution < -0.4 is 16.0 Å². The summed E-state index contributed by atoms with van der Waals surface area (Å²) in [4.78, 5) is 61.4. The van der Waals surface area contributed by atoms with Crippen molar-refractivity contribution in [1.82, 2.24) is 16.0 Å².